The van der Waals surface area contributed by atoms with E-state index in [0.717, 1.165) is 0 Å². The Bertz CT molecular complexity index is 456. The summed E-state index contributed by atoms with van der Waals surface area (Å²) in [6.07, 6.45) is 4.47. The fraction of sp³-hybridized carbons (Fsp3) is 0.111. The molecule has 1 N–H and O–H groups in total. The van der Waals surface area contributed by atoms with Crippen molar-refractivity contribution in [3.63, 3.8) is 0 Å². The number of hydrogen-bond donors (Lipinski definition) is 1. The third kappa shape index (κ3) is 2.28. The van der Waals surface area contributed by atoms with Crippen molar-refractivity contribution in [2.75, 3.05) is 5.32 Å². The second kappa shape index (κ2) is 4.19. The standard InChI is InChI=1S/C9H7N5O/c10-3-7-4-12-9(6-11-7)13-5-8-1-2-14-15-8/h1-2,4,6H,5H2,(H,12,13). The van der Waals surface area contributed by atoms with E-state index >= 15 is 0 Å². The van der Waals surface area contributed by atoms with Crippen molar-refractivity contribution in [2.45, 2.75) is 6.54 Å². The van der Waals surface area contributed by atoms with Gasteiger partial charge in [-0.25, -0.2) is 9.97 Å². The highest BCUT2D eigenvalue weighted by molar-refractivity contribution is 5.33. The summed E-state index contributed by atoms with van der Waals surface area (Å²) in [5.74, 6) is 1.30. The molecule has 15 heavy (non-hydrogen) atoms. The van der Waals surface area contributed by atoms with Gasteiger partial charge in [0.25, 0.3) is 0 Å². The topological polar surface area (TPSA) is 87.6 Å². The molecule has 74 valence electrons. The molecule has 0 aliphatic carbocycles. The van der Waals surface area contributed by atoms with E-state index in [4.69, 9.17) is 9.78 Å². The normalized spacial score (nSPS) is 9.53. The number of nitrogens with zero attached hydrogens (tertiary/aromatic N) is 4. The zero-order valence-electron chi connectivity index (χ0n) is 7.71. The molecule has 2 aromatic rings. The molecule has 0 aliphatic rings. The number of hydrogen-bond acceptors (Lipinski definition) is 6. The molecule has 0 atom stereocenters. The smallest absolute Gasteiger partial charge is 0.158 e. The van der Waals surface area contributed by atoms with Crippen LogP contribution in [0, 0.1) is 11.3 Å². The van der Waals surface area contributed by atoms with Crippen LogP contribution < -0.4 is 5.32 Å². The van der Waals surface area contributed by atoms with Crippen molar-refractivity contribution in [2.24, 2.45) is 0 Å². The molecule has 0 amide bonds. The summed E-state index contributed by atoms with van der Waals surface area (Å²) in [6, 6.07) is 3.65. The van der Waals surface area contributed by atoms with Gasteiger partial charge in [-0.2, -0.15) is 5.26 Å². The summed E-state index contributed by atoms with van der Waals surface area (Å²) >= 11 is 0. The molecular weight excluding hydrogens is 194 g/mol. The van der Waals surface area contributed by atoms with E-state index in [-0.39, 0.29) is 0 Å². The van der Waals surface area contributed by atoms with Crippen LogP contribution in [0.4, 0.5) is 5.82 Å². The molecule has 0 bridgehead atoms. The highest BCUT2D eigenvalue weighted by atomic mass is 16.5. The van der Waals surface area contributed by atoms with Crippen LogP contribution in [0.15, 0.2) is 29.2 Å². The van der Waals surface area contributed by atoms with E-state index in [1.54, 1.807) is 12.3 Å². The zero-order valence-corrected chi connectivity index (χ0v) is 7.71. The molecule has 6 heteroatoms. The molecule has 0 fully saturated rings. The van der Waals surface area contributed by atoms with E-state index in [1.807, 2.05) is 6.07 Å². The number of nitrogens with one attached hydrogen (secondary N) is 1. The molecule has 2 rings (SSSR count). The first kappa shape index (κ1) is 9.15. The van der Waals surface area contributed by atoms with Gasteiger partial charge >= 0.3 is 0 Å². The SMILES string of the molecule is N#Cc1cnc(NCc2ccno2)cn1. The Morgan fingerprint density at radius 3 is 2.93 bits per heavy atom. The van der Waals surface area contributed by atoms with E-state index in [2.05, 4.69) is 20.4 Å². The van der Waals surface area contributed by atoms with Crippen LogP contribution in [-0.4, -0.2) is 15.1 Å². The molecule has 0 spiro atoms. The highest BCUT2D eigenvalue weighted by Gasteiger charge is 1.98. The van der Waals surface area contributed by atoms with Gasteiger partial charge in [0.1, 0.15) is 11.9 Å². The molecule has 6 nitrogen and oxygen atoms in total. The van der Waals surface area contributed by atoms with Gasteiger partial charge in [0, 0.05) is 6.07 Å². The van der Waals surface area contributed by atoms with Gasteiger partial charge in [0.15, 0.2) is 11.5 Å². The average Bonchev–Trinajstić information content (AvgIpc) is 2.80. The molecule has 2 aromatic heterocycles. The largest absolute Gasteiger partial charge is 0.361 e. The van der Waals surface area contributed by atoms with Gasteiger partial charge < -0.3 is 9.84 Å². The summed E-state index contributed by atoms with van der Waals surface area (Å²) < 4.78 is 4.89. The maximum absolute atomic E-state index is 8.51. The van der Waals surface area contributed by atoms with E-state index in [0.29, 0.717) is 23.8 Å². The molecule has 2 heterocycles. The molecule has 0 saturated carbocycles. The van der Waals surface area contributed by atoms with Crippen LogP contribution in [-0.2, 0) is 6.54 Å². The molecule has 0 unspecified atom stereocenters. The Balaban J connectivity index is 1.97. The second-order valence-electron chi connectivity index (χ2n) is 2.73. The predicted molar refractivity (Wildman–Crippen MR) is 50.6 cm³/mol. The van der Waals surface area contributed by atoms with Crippen molar-refractivity contribution in [1.29, 1.82) is 5.26 Å². The number of nitriles is 1. The Kier molecular flexibility index (Phi) is 2.56. The fourth-order valence-corrected chi connectivity index (χ4v) is 0.988. The third-order valence-electron chi connectivity index (χ3n) is 1.70. The van der Waals surface area contributed by atoms with Crippen molar-refractivity contribution in [3.8, 4) is 6.07 Å². The van der Waals surface area contributed by atoms with Crippen LogP contribution in [0.3, 0.4) is 0 Å². The first-order valence-electron chi connectivity index (χ1n) is 4.24. The van der Waals surface area contributed by atoms with Crippen LogP contribution >= 0.6 is 0 Å². The summed E-state index contributed by atoms with van der Waals surface area (Å²) in [6.45, 7) is 0.487. The Hall–Kier alpha value is -2.42. The first-order chi connectivity index (χ1) is 7.38. The van der Waals surface area contributed by atoms with Crippen molar-refractivity contribution in [1.82, 2.24) is 15.1 Å². The number of anilines is 1. The van der Waals surface area contributed by atoms with Crippen molar-refractivity contribution >= 4 is 5.82 Å². The lowest BCUT2D eigenvalue weighted by Gasteiger charge is -2.00. The number of rotatable bonds is 3. The Morgan fingerprint density at radius 1 is 1.40 bits per heavy atom. The van der Waals surface area contributed by atoms with E-state index in [9.17, 15) is 0 Å². The highest BCUT2D eigenvalue weighted by Crippen LogP contribution is 2.03. The second-order valence-corrected chi connectivity index (χ2v) is 2.73. The molecule has 0 aliphatic heterocycles. The predicted octanol–water partition coefficient (Wildman–Crippen LogP) is 0.948. The van der Waals surface area contributed by atoms with Gasteiger partial charge in [-0.3, -0.25) is 0 Å². The van der Waals surface area contributed by atoms with Crippen molar-refractivity contribution < 1.29 is 4.52 Å². The van der Waals surface area contributed by atoms with Gasteiger partial charge in [0.2, 0.25) is 0 Å². The fourth-order valence-electron chi connectivity index (χ4n) is 0.988. The van der Waals surface area contributed by atoms with Crippen LogP contribution in [0.25, 0.3) is 0 Å². The lowest BCUT2D eigenvalue weighted by Crippen LogP contribution is -2.01. The van der Waals surface area contributed by atoms with Gasteiger partial charge in [-0.15, -0.1) is 0 Å². The summed E-state index contributed by atoms with van der Waals surface area (Å²) in [4.78, 5) is 7.86. The minimum atomic E-state index is 0.292. The summed E-state index contributed by atoms with van der Waals surface area (Å²) in [5, 5.41) is 15.1. The summed E-state index contributed by atoms with van der Waals surface area (Å²) in [5.41, 5.74) is 0.292. The zero-order chi connectivity index (χ0) is 10.5. The van der Waals surface area contributed by atoms with Crippen LogP contribution in [0.5, 0.6) is 0 Å². The van der Waals surface area contributed by atoms with Gasteiger partial charge in [-0.1, -0.05) is 5.16 Å². The van der Waals surface area contributed by atoms with Gasteiger partial charge in [0.05, 0.1) is 25.1 Å². The monoisotopic (exact) mass is 201 g/mol. The molecule has 0 aromatic carbocycles. The first-order valence-corrected chi connectivity index (χ1v) is 4.24. The Morgan fingerprint density at radius 2 is 2.33 bits per heavy atom. The Labute approximate surface area is 85.6 Å². The minimum absolute atomic E-state index is 0.292. The van der Waals surface area contributed by atoms with Crippen molar-refractivity contribution in [3.05, 3.63) is 36.1 Å². The van der Waals surface area contributed by atoms with Gasteiger partial charge in [-0.05, 0) is 0 Å². The molecule has 0 saturated heterocycles. The quantitative estimate of drug-likeness (QED) is 0.795. The summed E-state index contributed by atoms with van der Waals surface area (Å²) in [7, 11) is 0. The number of aromatic nitrogens is 3. The van der Waals surface area contributed by atoms with E-state index < -0.39 is 0 Å². The lowest BCUT2D eigenvalue weighted by atomic mass is 10.4. The van der Waals surface area contributed by atoms with Crippen LogP contribution in [0.2, 0.25) is 0 Å². The van der Waals surface area contributed by atoms with Crippen LogP contribution in [0.1, 0.15) is 11.5 Å². The van der Waals surface area contributed by atoms with E-state index in [1.165, 1.54) is 12.4 Å². The maximum Gasteiger partial charge on any atom is 0.158 e. The third-order valence-corrected chi connectivity index (χ3v) is 1.70. The maximum atomic E-state index is 8.51. The molecular formula is C9H7N5O. The minimum Gasteiger partial charge on any atom is -0.361 e. The molecule has 0 radical (unpaired) electrons. The average molecular weight is 201 g/mol. The lowest BCUT2D eigenvalue weighted by molar-refractivity contribution is 0.388.